The van der Waals surface area contributed by atoms with Crippen molar-refractivity contribution in [1.29, 1.82) is 0 Å². The van der Waals surface area contributed by atoms with E-state index in [1.54, 1.807) is 0 Å². The smallest absolute Gasteiger partial charge is 0.307 e. The molecule has 0 saturated carbocycles. The minimum absolute atomic E-state index is 0.0752. The number of ketones is 1. The molecule has 0 fully saturated rings. The fourth-order valence-corrected chi connectivity index (χ4v) is 1.46. The van der Waals surface area contributed by atoms with Gasteiger partial charge in [0.25, 0.3) is 0 Å². The molecule has 102 valence electrons. The molecule has 0 spiro atoms. The topological polar surface area (TPSA) is 43.4 Å². The summed E-state index contributed by atoms with van der Waals surface area (Å²) in [5.74, 6) is -0.254. The van der Waals surface area contributed by atoms with Crippen LogP contribution in [0.5, 0.6) is 0 Å². The van der Waals surface area contributed by atoms with Gasteiger partial charge in [-0.2, -0.15) is 0 Å². The number of rotatable bonds is 3. The standard InChI is InChI=1S/C13H10O.C4H6O2/c14-13(11-7-3-1-4-8-11)12-9-5-2-6-10-12;1-3-6-4(2)5/h1-10H;3H,1H2,2H3. The Hall–Kier alpha value is -2.68. The van der Waals surface area contributed by atoms with E-state index < -0.39 is 0 Å². The monoisotopic (exact) mass is 268 g/mol. The maximum Gasteiger partial charge on any atom is 0.307 e. The average Bonchev–Trinajstić information content (AvgIpc) is 2.49. The van der Waals surface area contributed by atoms with E-state index in [2.05, 4.69) is 11.3 Å². The van der Waals surface area contributed by atoms with Crippen LogP contribution in [0.1, 0.15) is 22.8 Å². The summed E-state index contributed by atoms with van der Waals surface area (Å²) in [4.78, 5) is 21.6. The highest BCUT2D eigenvalue weighted by Gasteiger charge is 2.06. The molecule has 0 saturated heterocycles. The summed E-state index contributed by atoms with van der Waals surface area (Å²) in [5, 5.41) is 0. The average molecular weight is 268 g/mol. The van der Waals surface area contributed by atoms with Gasteiger partial charge in [0.15, 0.2) is 5.78 Å². The number of benzene rings is 2. The van der Waals surface area contributed by atoms with Crippen molar-refractivity contribution in [1.82, 2.24) is 0 Å². The van der Waals surface area contributed by atoms with E-state index in [0.29, 0.717) is 0 Å². The normalized spacial score (nSPS) is 8.85. The molecule has 3 heteroatoms. The lowest BCUT2D eigenvalue weighted by Gasteiger charge is -1.99. The molecule has 2 rings (SSSR count). The molecule has 0 atom stereocenters. The Bertz CT molecular complexity index is 518. The molecule has 0 aromatic heterocycles. The highest BCUT2D eigenvalue weighted by atomic mass is 16.5. The second-order valence-electron chi connectivity index (χ2n) is 3.84. The van der Waals surface area contributed by atoms with E-state index in [0.717, 1.165) is 17.4 Å². The lowest BCUT2D eigenvalue weighted by Crippen LogP contribution is -1.99. The number of carbonyl (C=O) groups is 2. The maximum absolute atomic E-state index is 11.8. The third kappa shape index (κ3) is 5.31. The zero-order valence-corrected chi connectivity index (χ0v) is 11.3. The van der Waals surface area contributed by atoms with Gasteiger partial charge in [-0.15, -0.1) is 0 Å². The van der Waals surface area contributed by atoms with Crippen molar-refractivity contribution >= 4 is 11.8 Å². The summed E-state index contributed by atoms with van der Waals surface area (Å²) in [6.45, 7) is 4.48. The molecule has 2 aromatic rings. The van der Waals surface area contributed by atoms with Gasteiger partial charge in [-0.05, 0) is 0 Å². The SMILES string of the molecule is C=COC(C)=O.O=C(c1ccccc1)c1ccccc1. The van der Waals surface area contributed by atoms with Crippen molar-refractivity contribution in [2.24, 2.45) is 0 Å². The molecule has 0 unspecified atom stereocenters. The van der Waals surface area contributed by atoms with Crippen LogP contribution in [-0.2, 0) is 9.53 Å². The molecule has 0 bridgehead atoms. The Morgan fingerprint density at radius 3 is 1.55 bits per heavy atom. The fourth-order valence-electron chi connectivity index (χ4n) is 1.46. The van der Waals surface area contributed by atoms with Gasteiger partial charge in [0, 0.05) is 18.1 Å². The van der Waals surface area contributed by atoms with Gasteiger partial charge in [-0.25, -0.2) is 0 Å². The lowest BCUT2D eigenvalue weighted by atomic mass is 10.0. The summed E-state index contributed by atoms with van der Waals surface area (Å²) < 4.78 is 4.17. The van der Waals surface area contributed by atoms with Gasteiger partial charge in [-0.3, -0.25) is 9.59 Å². The third-order valence-electron chi connectivity index (χ3n) is 2.32. The zero-order chi connectivity index (χ0) is 14.8. The number of hydrogen-bond donors (Lipinski definition) is 0. The molecular weight excluding hydrogens is 252 g/mol. The van der Waals surface area contributed by atoms with Crippen LogP contribution in [0.2, 0.25) is 0 Å². The van der Waals surface area contributed by atoms with Gasteiger partial charge >= 0.3 is 5.97 Å². The van der Waals surface area contributed by atoms with E-state index in [1.807, 2.05) is 60.7 Å². The van der Waals surface area contributed by atoms with Crippen molar-refractivity contribution in [3.63, 3.8) is 0 Å². The quantitative estimate of drug-likeness (QED) is 0.485. The van der Waals surface area contributed by atoms with Crippen LogP contribution in [0.25, 0.3) is 0 Å². The first-order chi connectivity index (χ1) is 9.65. The fraction of sp³-hybridized carbons (Fsp3) is 0.0588. The number of ether oxygens (including phenoxy) is 1. The first kappa shape index (κ1) is 15.4. The Balaban J connectivity index is 0.000000286. The predicted molar refractivity (Wildman–Crippen MR) is 78.3 cm³/mol. The minimum atomic E-state index is -0.329. The van der Waals surface area contributed by atoms with Gasteiger partial charge in [-0.1, -0.05) is 67.2 Å². The predicted octanol–water partition coefficient (Wildman–Crippen LogP) is 3.61. The van der Waals surface area contributed by atoms with Crippen LogP contribution in [0.3, 0.4) is 0 Å². The second-order valence-corrected chi connectivity index (χ2v) is 3.84. The van der Waals surface area contributed by atoms with E-state index in [9.17, 15) is 9.59 Å². The molecule has 3 nitrogen and oxygen atoms in total. The first-order valence-corrected chi connectivity index (χ1v) is 6.08. The van der Waals surface area contributed by atoms with Crippen LogP contribution < -0.4 is 0 Å². The van der Waals surface area contributed by atoms with E-state index in [4.69, 9.17) is 0 Å². The molecule has 0 N–H and O–H groups in total. The van der Waals surface area contributed by atoms with Crippen molar-refractivity contribution in [3.8, 4) is 0 Å². The number of carbonyl (C=O) groups excluding carboxylic acids is 2. The molecule has 0 amide bonds. The van der Waals surface area contributed by atoms with Crippen LogP contribution in [0.15, 0.2) is 73.5 Å². The molecule has 0 heterocycles. The van der Waals surface area contributed by atoms with Gasteiger partial charge in [0.05, 0.1) is 6.26 Å². The number of esters is 1. The Morgan fingerprint density at radius 1 is 0.900 bits per heavy atom. The zero-order valence-electron chi connectivity index (χ0n) is 11.3. The molecule has 0 aliphatic rings. The summed E-state index contributed by atoms with van der Waals surface area (Å²) in [7, 11) is 0. The van der Waals surface area contributed by atoms with Crippen molar-refractivity contribution in [3.05, 3.63) is 84.6 Å². The van der Waals surface area contributed by atoms with Gasteiger partial charge < -0.3 is 4.74 Å². The molecule has 2 aromatic carbocycles. The van der Waals surface area contributed by atoms with Crippen molar-refractivity contribution in [2.75, 3.05) is 0 Å². The molecule has 20 heavy (non-hydrogen) atoms. The molecule has 0 aliphatic heterocycles. The van der Waals surface area contributed by atoms with Crippen molar-refractivity contribution in [2.45, 2.75) is 6.92 Å². The Labute approximate surface area is 118 Å². The van der Waals surface area contributed by atoms with Crippen LogP contribution in [-0.4, -0.2) is 11.8 Å². The highest BCUT2D eigenvalue weighted by Crippen LogP contribution is 2.08. The molecular formula is C17H16O3. The van der Waals surface area contributed by atoms with E-state index in [1.165, 1.54) is 6.92 Å². The lowest BCUT2D eigenvalue weighted by molar-refractivity contribution is -0.135. The third-order valence-corrected chi connectivity index (χ3v) is 2.32. The first-order valence-electron chi connectivity index (χ1n) is 6.08. The highest BCUT2D eigenvalue weighted by molar-refractivity contribution is 6.08. The summed E-state index contributed by atoms with van der Waals surface area (Å²) >= 11 is 0. The van der Waals surface area contributed by atoms with Crippen LogP contribution in [0.4, 0.5) is 0 Å². The summed E-state index contributed by atoms with van der Waals surface area (Å²) in [6.07, 6.45) is 1.10. The summed E-state index contributed by atoms with van der Waals surface area (Å²) in [6, 6.07) is 18.6. The maximum atomic E-state index is 11.8. The van der Waals surface area contributed by atoms with Crippen molar-refractivity contribution < 1.29 is 14.3 Å². The minimum Gasteiger partial charge on any atom is -0.435 e. The van der Waals surface area contributed by atoms with E-state index in [-0.39, 0.29) is 11.8 Å². The Morgan fingerprint density at radius 2 is 1.30 bits per heavy atom. The van der Waals surface area contributed by atoms with Crippen LogP contribution >= 0.6 is 0 Å². The summed E-state index contributed by atoms with van der Waals surface area (Å²) in [5.41, 5.74) is 1.47. The Kier molecular flexibility index (Phi) is 6.48. The van der Waals surface area contributed by atoms with Crippen LogP contribution in [0, 0.1) is 0 Å². The number of hydrogen-bond acceptors (Lipinski definition) is 3. The van der Waals surface area contributed by atoms with E-state index >= 15 is 0 Å². The largest absolute Gasteiger partial charge is 0.435 e. The van der Waals surface area contributed by atoms with Gasteiger partial charge in [0.1, 0.15) is 0 Å². The molecule has 0 aliphatic carbocycles. The van der Waals surface area contributed by atoms with Gasteiger partial charge in [0.2, 0.25) is 0 Å². The molecule has 0 radical (unpaired) electrons. The second kappa shape index (κ2) is 8.43.